The minimum atomic E-state index is -0.866. The number of esters is 1. The van der Waals surface area contributed by atoms with Gasteiger partial charge < -0.3 is 19.3 Å². The number of aliphatic hydroxyl groups is 1. The predicted molar refractivity (Wildman–Crippen MR) is 111 cm³/mol. The van der Waals surface area contributed by atoms with Crippen LogP contribution in [-0.4, -0.2) is 35.5 Å². The van der Waals surface area contributed by atoms with Gasteiger partial charge in [-0.1, -0.05) is 24.3 Å². The molecule has 2 aliphatic rings. The molecule has 1 heterocycles. The van der Waals surface area contributed by atoms with E-state index in [-0.39, 0.29) is 24.5 Å². The molecule has 0 saturated heterocycles. The second-order valence-electron chi connectivity index (χ2n) is 8.16. The maximum absolute atomic E-state index is 13.2. The molecule has 1 aromatic rings. The third-order valence-corrected chi connectivity index (χ3v) is 5.68. The molecule has 0 amide bonds. The summed E-state index contributed by atoms with van der Waals surface area (Å²) >= 11 is 0. The number of halogens is 1. The average molecular weight is 432 g/mol. The summed E-state index contributed by atoms with van der Waals surface area (Å²) < 4.78 is 29.1. The van der Waals surface area contributed by atoms with E-state index >= 15 is 0 Å². The van der Waals surface area contributed by atoms with Crippen LogP contribution in [0.15, 0.2) is 48.6 Å². The summed E-state index contributed by atoms with van der Waals surface area (Å²) in [5, 5.41) is 10.6. The van der Waals surface area contributed by atoms with Crippen molar-refractivity contribution in [3.05, 3.63) is 60.0 Å². The number of benzene rings is 1. The molecule has 0 unspecified atom stereocenters. The molecule has 168 valence electrons. The number of rotatable bonds is 3. The summed E-state index contributed by atoms with van der Waals surface area (Å²) in [6.45, 7) is 1.78. The molecule has 0 spiro atoms. The van der Waals surface area contributed by atoms with Gasteiger partial charge in [-0.05, 0) is 74.6 Å². The fourth-order valence-electron chi connectivity index (χ4n) is 4.11. The van der Waals surface area contributed by atoms with Crippen molar-refractivity contribution in [2.75, 3.05) is 0 Å². The van der Waals surface area contributed by atoms with Crippen LogP contribution in [-0.2, 0) is 25.6 Å². The zero-order valence-electron chi connectivity index (χ0n) is 17.6. The lowest BCUT2D eigenvalue weighted by Gasteiger charge is -2.19. The molecule has 1 saturated carbocycles. The van der Waals surface area contributed by atoms with Gasteiger partial charge in [0, 0.05) is 6.08 Å². The van der Waals surface area contributed by atoms with Crippen LogP contribution in [0.1, 0.15) is 44.6 Å². The first-order chi connectivity index (χ1) is 14.9. The van der Waals surface area contributed by atoms with Crippen LogP contribution in [0, 0.1) is 17.7 Å². The highest BCUT2D eigenvalue weighted by molar-refractivity contribution is 5.82. The Morgan fingerprint density at radius 1 is 1.29 bits per heavy atom. The van der Waals surface area contributed by atoms with Crippen LogP contribution < -0.4 is 0 Å². The monoisotopic (exact) mass is 432 g/mol. The maximum atomic E-state index is 13.2. The average Bonchev–Trinajstić information content (AvgIpc) is 3.12. The lowest BCUT2D eigenvalue weighted by molar-refractivity contribution is -0.142. The molecule has 0 bridgehead atoms. The molecule has 0 aromatic heterocycles. The summed E-state index contributed by atoms with van der Waals surface area (Å²) in [5.74, 6) is -1.06. The van der Waals surface area contributed by atoms with Gasteiger partial charge in [-0.2, -0.15) is 0 Å². The number of cyclic esters (lactones) is 1. The van der Waals surface area contributed by atoms with E-state index in [9.17, 15) is 19.1 Å². The van der Waals surface area contributed by atoms with E-state index in [0.717, 1.165) is 19.3 Å². The Balaban J connectivity index is 1.58. The molecule has 1 aliphatic heterocycles. The Morgan fingerprint density at radius 3 is 2.94 bits per heavy atom. The second-order valence-corrected chi connectivity index (χ2v) is 8.16. The van der Waals surface area contributed by atoms with Gasteiger partial charge in [-0.25, -0.2) is 14.0 Å². The first-order valence-corrected chi connectivity index (χ1v) is 10.7. The van der Waals surface area contributed by atoms with Gasteiger partial charge in [0.1, 0.15) is 18.5 Å². The zero-order chi connectivity index (χ0) is 22.2. The van der Waals surface area contributed by atoms with Gasteiger partial charge in [0.05, 0.1) is 12.2 Å². The minimum absolute atomic E-state index is 0.00914. The molecule has 1 fully saturated rings. The molecule has 1 aliphatic carbocycles. The normalized spacial score (nSPS) is 31.2. The van der Waals surface area contributed by atoms with E-state index in [2.05, 4.69) is 12.2 Å². The smallest absolute Gasteiger partial charge is 0.460 e. The third-order valence-electron chi connectivity index (χ3n) is 5.68. The molecule has 31 heavy (non-hydrogen) atoms. The van der Waals surface area contributed by atoms with Crippen molar-refractivity contribution >= 4 is 12.1 Å². The van der Waals surface area contributed by atoms with Crippen molar-refractivity contribution in [2.24, 2.45) is 11.8 Å². The zero-order valence-corrected chi connectivity index (χ0v) is 17.6. The van der Waals surface area contributed by atoms with Crippen molar-refractivity contribution in [1.29, 1.82) is 0 Å². The lowest BCUT2D eigenvalue weighted by Crippen LogP contribution is -2.22. The molecule has 5 atom stereocenters. The molecule has 0 radical (unpaired) electrons. The van der Waals surface area contributed by atoms with E-state index in [0.29, 0.717) is 18.4 Å². The van der Waals surface area contributed by atoms with Crippen LogP contribution in [0.3, 0.4) is 0 Å². The summed E-state index contributed by atoms with van der Waals surface area (Å²) in [4.78, 5) is 24.0. The van der Waals surface area contributed by atoms with Crippen molar-refractivity contribution < 1.29 is 33.3 Å². The van der Waals surface area contributed by atoms with Crippen molar-refractivity contribution in [3.8, 4) is 0 Å². The molecule has 3 rings (SSSR count). The van der Waals surface area contributed by atoms with E-state index < -0.39 is 30.1 Å². The molecular weight excluding hydrogens is 403 g/mol. The van der Waals surface area contributed by atoms with E-state index in [1.54, 1.807) is 12.1 Å². The highest BCUT2D eigenvalue weighted by Gasteiger charge is 2.38. The molecule has 1 N–H and O–H groups in total. The Kier molecular flexibility index (Phi) is 8.23. The van der Waals surface area contributed by atoms with Crippen LogP contribution >= 0.6 is 0 Å². The third kappa shape index (κ3) is 7.21. The van der Waals surface area contributed by atoms with Gasteiger partial charge in [0.2, 0.25) is 0 Å². The van der Waals surface area contributed by atoms with Crippen LogP contribution in [0.4, 0.5) is 9.18 Å². The highest BCUT2D eigenvalue weighted by atomic mass is 19.1. The van der Waals surface area contributed by atoms with Crippen LogP contribution in [0.5, 0.6) is 0 Å². The maximum Gasteiger partial charge on any atom is 0.508 e. The van der Waals surface area contributed by atoms with Gasteiger partial charge in [-0.15, -0.1) is 0 Å². The highest BCUT2D eigenvalue weighted by Crippen LogP contribution is 2.38. The first kappa shape index (κ1) is 23.0. The number of aliphatic hydroxyl groups excluding tert-OH is 1. The quantitative estimate of drug-likeness (QED) is 0.561. The Morgan fingerprint density at radius 2 is 2.13 bits per heavy atom. The Bertz CT molecular complexity index is 820. The largest absolute Gasteiger partial charge is 0.508 e. The van der Waals surface area contributed by atoms with Crippen molar-refractivity contribution in [1.82, 2.24) is 0 Å². The minimum Gasteiger partial charge on any atom is -0.460 e. The van der Waals surface area contributed by atoms with Gasteiger partial charge >= 0.3 is 12.1 Å². The first-order valence-electron chi connectivity index (χ1n) is 10.7. The summed E-state index contributed by atoms with van der Waals surface area (Å²) in [6.07, 6.45) is 8.08. The van der Waals surface area contributed by atoms with E-state index in [1.807, 2.05) is 6.92 Å². The van der Waals surface area contributed by atoms with Crippen LogP contribution in [0.25, 0.3) is 0 Å². The summed E-state index contributed by atoms with van der Waals surface area (Å²) in [6, 6.07) is 5.81. The topological polar surface area (TPSA) is 82.1 Å². The second kappa shape index (κ2) is 11.1. The van der Waals surface area contributed by atoms with Crippen LogP contribution in [0.2, 0.25) is 0 Å². The number of carbonyl (C=O) groups excluding carboxylic acids is 2. The Hall–Kier alpha value is -2.67. The van der Waals surface area contributed by atoms with E-state index in [4.69, 9.17) is 14.2 Å². The van der Waals surface area contributed by atoms with E-state index in [1.165, 1.54) is 24.3 Å². The lowest BCUT2D eigenvalue weighted by atomic mass is 9.90. The molecule has 1 aromatic carbocycles. The fraction of sp³-hybridized carbons (Fsp3) is 0.500. The number of ether oxygens (including phenoxy) is 3. The predicted octanol–water partition coefficient (Wildman–Crippen LogP) is 4.46. The standard InChI is InChI=1S/C24H29FO6/c1-16-6-3-2-4-8-18-13-20(14-21(18)22(26)10-11-23(27)30-16)31-24(28)29-15-17-7-5-9-19(25)12-17/h4-5,7-12,16,18,20-22,26H,2-3,6,13-15H2,1H3/b8-4+,11-10+/t16-,18+,20-,21+,22+/m0/s1. The van der Waals surface area contributed by atoms with Crippen molar-refractivity contribution in [2.45, 2.75) is 63.9 Å². The van der Waals surface area contributed by atoms with Gasteiger partial charge in [0.25, 0.3) is 0 Å². The number of allylic oxidation sites excluding steroid dienone is 2. The Labute approximate surface area is 181 Å². The molecular formula is C24H29FO6. The number of carbonyl (C=O) groups is 2. The fourth-order valence-corrected chi connectivity index (χ4v) is 4.11. The number of fused-ring (bicyclic) bond motifs is 1. The van der Waals surface area contributed by atoms with Crippen molar-refractivity contribution in [3.63, 3.8) is 0 Å². The number of hydrogen-bond acceptors (Lipinski definition) is 6. The SMILES string of the molecule is C[C@H]1CCC/C=C/[C@@H]2C[C@H](OC(=O)OCc3cccc(F)c3)C[C@H]2[C@H](O)/C=C/C(=O)O1. The molecule has 6 nitrogen and oxygen atoms in total. The van der Waals surface area contributed by atoms with Gasteiger partial charge in [0.15, 0.2) is 0 Å². The summed E-state index contributed by atoms with van der Waals surface area (Å²) in [7, 11) is 0. The van der Waals surface area contributed by atoms with Gasteiger partial charge in [-0.3, -0.25) is 0 Å². The molecule has 7 heteroatoms. The number of hydrogen-bond donors (Lipinski definition) is 1. The summed E-state index contributed by atoms with van der Waals surface area (Å²) in [5.41, 5.74) is 0.533.